The van der Waals surface area contributed by atoms with Gasteiger partial charge in [0.2, 0.25) is 0 Å². The van der Waals surface area contributed by atoms with E-state index < -0.39 is 17.2 Å². The number of ether oxygens (including phenoxy) is 1. The number of rotatable bonds is 2. The van der Waals surface area contributed by atoms with Gasteiger partial charge in [0.1, 0.15) is 5.54 Å². The Kier molecular flexibility index (Phi) is 3.27. The summed E-state index contributed by atoms with van der Waals surface area (Å²) in [5.74, 6) is 0. The second kappa shape index (κ2) is 4.98. The van der Waals surface area contributed by atoms with Crippen molar-refractivity contribution in [3.05, 3.63) is 57.2 Å². The van der Waals surface area contributed by atoms with Gasteiger partial charge in [-0.25, -0.2) is 4.79 Å². The summed E-state index contributed by atoms with van der Waals surface area (Å²) in [7, 11) is 0. The molecule has 0 amide bonds. The third-order valence-corrected chi connectivity index (χ3v) is 4.14. The molecule has 3 rings (SSSR count). The number of nitrogens with zero attached hydrogens (tertiary/aromatic N) is 3. The second-order valence-electron chi connectivity index (χ2n) is 5.03. The molecule has 0 radical (unpaired) electrons. The van der Waals surface area contributed by atoms with Crippen LogP contribution in [0, 0.1) is 0 Å². The number of dihydropyridines is 1. The molecular formula is C14H13ClN4O2. The number of carbonyl (C=O) groups excluding carboxylic acids is 1. The van der Waals surface area contributed by atoms with Gasteiger partial charge in [-0.15, -0.1) is 0 Å². The number of carbonyl (C=O) groups is 1. The molecule has 3 aliphatic rings. The molecule has 2 atom stereocenters. The third kappa shape index (κ3) is 2.04. The van der Waals surface area contributed by atoms with Gasteiger partial charge >= 0.3 is 5.43 Å². The van der Waals surface area contributed by atoms with Crippen LogP contribution in [0.1, 0.15) is 19.8 Å². The van der Waals surface area contributed by atoms with Crippen molar-refractivity contribution in [2.75, 3.05) is 0 Å². The molecular weight excluding hydrogens is 292 g/mol. The van der Waals surface area contributed by atoms with E-state index in [1.165, 1.54) is 0 Å². The molecule has 2 aliphatic carbocycles. The van der Waals surface area contributed by atoms with Crippen LogP contribution in [-0.2, 0) is 4.74 Å². The highest BCUT2D eigenvalue weighted by Crippen LogP contribution is 2.51. The monoisotopic (exact) mass is 304 g/mol. The highest BCUT2D eigenvalue weighted by molar-refractivity contribution is 6.61. The van der Waals surface area contributed by atoms with Crippen LogP contribution in [0.5, 0.6) is 0 Å². The highest BCUT2D eigenvalue weighted by atomic mass is 35.5. The second-order valence-corrected chi connectivity index (χ2v) is 5.34. The van der Waals surface area contributed by atoms with Crippen molar-refractivity contribution in [3.63, 3.8) is 0 Å². The Morgan fingerprint density at radius 2 is 2.52 bits per heavy atom. The van der Waals surface area contributed by atoms with E-state index in [2.05, 4.69) is 21.4 Å². The minimum atomic E-state index is -0.863. The number of fused-ring (bicyclic) bond motifs is 3. The first-order valence-corrected chi connectivity index (χ1v) is 6.95. The number of hydrogen-bond acceptors (Lipinski definition) is 4. The predicted octanol–water partition coefficient (Wildman–Crippen LogP) is 3.83. The molecule has 0 spiro atoms. The van der Waals surface area contributed by atoms with Crippen LogP contribution in [0.2, 0.25) is 0 Å². The Labute approximate surface area is 126 Å². The lowest BCUT2D eigenvalue weighted by molar-refractivity contribution is 0.131. The average molecular weight is 305 g/mol. The van der Waals surface area contributed by atoms with E-state index in [0.29, 0.717) is 12.8 Å². The predicted molar refractivity (Wildman–Crippen MR) is 78.4 cm³/mol. The molecule has 0 saturated heterocycles. The van der Waals surface area contributed by atoms with Crippen LogP contribution in [0.4, 0.5) is 4.79 Å². The summed E-state index contributed by atoms with van der Waals surface area (Å²) in [6.07, 6.45) is 8.39. The van der Waals surface area contributed by atoms with Crippen molar-refractivity contribution in [2.45, 2.75) is 31.5 Å². The molecule has 21 heavy (non-hydrogen) atoms. The first-order chi connectivity index (χ1) is 10.1. The van der Waals surface area contributed by atoms with Gasteiger partial charge in [-0.3, -0.25) is 0 Å². The zero-order valence-corrected chi connectivity index (χ0v) is 12.1. The van der Waals surface area contributed by atoms with Gasteiger partial charge in [0.05, 0.1) is 0 Å². The first-order valence-electron chi connectivity index (χ1n) is 6.57. The quantitative estimate of drug-likeness (QED) is 0.364. The highest BCUT2D eigenvalue weighted by Gasteiger charge is 2.46. The van der Waals surface area contributed by atoms with Crippen LogP contribution >= 0.6 is 11.6 Å². The van der Waals surface area contributed by atoms with Crippen LogP contribution in [0.15, 0.2) is 51.8 Å². The minimum absolute atomic E-state index is 0.593. The molecule has 6 nitrogen and oxygen atoms in total. The van der Waals surface area contributed by atoms with Crippen molar-refractivity contribution < 1.29 is 9.53 Å². The average Bonchev–Trinajstić information content (AvgIpc) is 2.69. The van der Waals surface area contributed by atoms with Crippen molar-refractivity contribution >= 4 is 17.0 Å². The number of azide groups is 1. The first kappa shape index (κ1) is 13.8. The summed E-state index contributed by atoms with van der Waals surface area (Å²) in [5.41, 5.74) is 11.4. The topological polar surface area (TPSA) is 87.1 Å². The van der Waals surface area contributed by atoms with Gasteiger partial charge in [-0.05, 0) is 41.7 Å². The maximum atomic E-state index is 10.8. The Balaban J connectivity index is 2.03. The maximum Gasteiger partial charge on any atom is 0.405 e. The van der Waals surface area contributed by atoms with E-state index in [0.717, 1.165) is 22.4 Å². The van der Waals surface area contributed by atoms with Crippen molar-refractivity contribution in [1.82, 2.24) is 5.32 Å². The maximum absolute atomic E-state index is 10.8. The number of nitrogens with one attached hydrogen (secondary N) is 1. The molecule has 0 fully saturated rings. The van der Waals surface area contributed by atoms with Gasteiger partial charge in [0, 0.05) is 28.6 Å². The fraction of sp³-hybridized carbons (Fsp3) is 0.357. The summed E-state index contributed by atoms with van der Waals surface area (Å²) >= 11 is 5.24. The standard InChI is InChI=1S/C14H13ClN4O2/c1-2-9-8-5-6-14(9,18-19-16)10-3-4-12(21-13(15)20)17-11(10)7-8/h2-5,12,17H,6-7H2,1H3/b9-2+. The van der Waals surface area contributed by atoms with Gasteiger partial charge in [0.25, 0.3) is 0 Å². The molecule has 2 bridgehead atoms. The van der Waals surface area contributed by atoms with Crippen LogP contribution in [0.25, 0.3) is 10.4 Å². The molecule has 1 N–H and O–H groups in total. The van der Waals surface area contributed by atoms with E-state index in [1.807, 2.05) is 19.1 Å². The molecule has 7 heteroatoms. The van der Waals surface area contributed by atoms with E-state index in [1.54, 1.807) is 6.08 Å². The molecule has 0 aromatic heterocycles. The summed E-state index contributed by atoms with van der Waals surface area (Å²) in [6.45, 7) is 1.94. The van der Waals surface area contributed by atoms with Gasteiger partial charge in [-0.2, -0.15) is 0 Å². The van der Waals surface area contributed by atoms with E-state index in [-0.39, 0.29) is 0 Å². The lowest BCUT2D eigenvalue weighted by Gasteiger charge is -2.38. The van der Waals surface area contributed by atoms with E-state index in [9.17, 15) is 4.79 Å². The molecule has 0 aromatic carbocycles. The van der Waals surface area contributed by atoms with Crippen LogP contribution in [0.3, 0.4) is 0 Å². The normalized spacial score (nSPS) is 31.2. The summed E-state index contributed by atoms with van der Waals surface area (Å²) in [5, 5.41) is 7.20. The molecule has 0 aromatic rings. The molecule has 1 heterocycles. The van der Waals surface area contributed by atoms with Crippen molar-refractivity contribution in [2.24, 2.45) is 5.11 Å². The lowest BCUT2D eigenvalue weighted by atomic mass is 9.75. The Hall–Kier alpha value is -2.17. The van der Waals surface area contributed by atoms with Crippen molar-refractivity contribution in [3.8, 4) is 0 Å². The van der Waals surface area contributed by atoms with Gasteiger partial charge in [-0.1, -0.05) is 23.3 Å². The molecule has 2 unspecified atom stereocenters. The van der Waals surface area contributed by atoms with Crippen LogP contribution in [-0.4, -0.2) is 17.2 Å². The van der Waals surface area contributed by atoms with E-state index >= 15 is 0 Å². The van der Waals surface area contributed by atoms with Crippen molar-refractivity contribution in [1.29, 1.82) is 0 Å². The fourth-order valence-corrected chi connectivity index (χ4v) is 3.40. The Morgan fingerprint density at radius 1 is 1.71 bits per heavy atom. The summed E-state index contributed by atoms with van der Waals surface area (Å²) in [6, 6.07) is 0. The smallest absolute Gasteiger partial charge is 0.405 e. The third-order valence-electron chi connectivity index (χ3n) is 4.05. The zero-order chi connectivity index (χ0) is 15.0. The Bertz CT molecular complexity index is 685. The van der Waals surface area contributed by atoms with Crippen LogP contribution < -0.4 is 5.32 Å². The summed E-state index contributed by atoms with van der Waals surface area (Å²) in [4.78, 5) is 13.9. The lowest BCUT2D eigenvalue weighted by Crippen LogP contribution is -2.41. The number of allylic oxidation sites excluding steroid dienone is 2. The zero-order valence-electron chi connectivity index (χ0n) is 11.3. The molecule has 108 valence electrons. The summed E-state index contributed by atoms with van der Waals surface area (Å²) < 4.78 is 4.93. The largest absolute Gasteiger partial charge is 0.426 e. The molecule has 0 saturated carbocycles. The Morgan fingerprint density at radius 3 is 3.19 bits per heavy atom. The number of hydrogen-bond donors (Lipinski definition) is 1. The minimum Gasteiger partial charge on any atom is -0.426 e. The number of halogens is 1. The SMILES string of the molecule is C/C=C1\C2=CCC1(N=[N+]=[N-])C1=C(C2)NC(OC(=O)Cl)C=C1. The van der Waals surface area contributed by atoms with E-state index in [4.69, 9.17) is 21.9 Å². The van der Waals surface area contributed by atoms with Gasteiger partial charge in [0.15, 0.2) is 6.23 Å². The molecule has 1 aliphatic heterocycles. The van der Waals surface area contributed by atoms with Gasteiger partial charge < -0.3 is 10.1 Å². The fourth-order valence-electron chi connectivity index (χ4n) is 3.30.